The monoisotopic (exact) mass is 347 g/mol. The van der Waals surface area contributed by atoms with Crippen molar-refractivity contribution in [3.63, 3.8) is 0 Å². The van der Waals surface area contributed by atoms with Gasteiger partial charge in [-0.1, -0.05) is 35.9 Å². The van der Waals surface area contributed by atoms with E-state index in [-0.39, 0.29) is 11.9 Å². The first-order valence-corrected chi connectivity index (χ1v) is 8.26. The number of carbonyl (C=O) groups excluding carboxylic acids is 1. The van der Waals surface area contributed by atoms with Crippen LogP contribution < -0.4 is 14.8 Å². The maximum Gasteiger partial charge on any atom is 0.220 e. The molecule has 5 heteroatoms. The van der Waals surface area contributed by atoms with Gasteiger partial charge >= 0.3 is 0 Å². The van der Waals surface area contributed by atoms with Gasteiger partial charge in [-0.25, -0.2) is 0 Å². The summed E-state index contributed by atoms with van der Waals surface area (Å²) < 4.78 is 10.9. The maximum absolute atomic E-state index is 12.0. The van der Waals surface area contributed by atoms with Crippen LogP contribution in [0.4, 0.5) is 0 Å². The second-order valence-electron chi connectivity index (χ2n) is 5.56. The van der Waals surface area contributed by atoms with Crippen LogP contribution in [0.2, 0.25) is 5.02 Å². The first-order valence-electron chi connectivity index (χ1n) is 7.88. The van der Waals surface area contributed by atoms with Crippen molar-refractivity contribution in [3.05, 3.63) is 59.1 Å². The van der Waals surface area contributed by atoms with Gasteiger partial charge in [0.1, 0.15) is 6.61 Å². The zero-order chi connectivity index (χ0) is 17.4. The molecule has 1 atom stereocenters. The molecule has 0 aliphatic carbocycles. The smallest absolute Gasteiger partial charge is 0.220 e. The fourth-order valence-electron chi connectivity index (χ4n) is 2.25. The van der Waals surface area contributed by atoms with Gasteiger partial charge in [-0.15, -0.1) is 0 Å². The van der Waals surface area contributed by atoms with E-state index in [9.17, 15) is 4.79 Å². The Kier molecular flexibility index (Phi) is 6.94. The molecule has 0 aliphatic rings. The Labute approximate surface area is 147 Å². The second-order valence-corrected chi connectivity index (χ2v) is 5.99. The van der Waals surface area contributed by atoms with E-state index < -0.39 is 0 Å². The second kappa shape index (κ2) is 9.18. The molecule has 1 amide bonds. The normalized spacial score (nSPS) is 11.6. The van der Waals surface area contributed by atoms with Crippen LogP contribution in [0, 0.1) is 0 Å². The summed E-state index contributed by atoms with van der Waals surface area (Å²) in [5, 5.41) is 3.64. The molecule has 4 nitrogen and oxygen atoms in total. The standard InChI is InChI=1S/C19H22ClNO3/c1-14(13-24-18-6-4-3-5-17(18)23-2)21-19(22)12-9-15-7-10-16(20)11-8-15/h3-8,10-11,14H,9,12-13H2,1-2H3,(H,21,22). The molecule has 0 heterocycles. The Bertz CT molecular complexity index is 658. The van der Waals surface area contributed by atoms with Crippen molar-refractivity contribution in [3.8, 4) is 11.5 Å². The highest BCUT2D eigenvalue weighted by molar-refractivity contribution is 6.30. The van der Waals surface area contributed by atoms with Crippen LogP contribution in [0.1, 0.15) is 18.9 Å². The molecule has 1 N–H and O–H groups in total. The Morgan fingerprint density at radius 1 is 1.12 bits per heavy atom. The molecule has 0 spiro atoms. The quantitative estimate of drug-likeness (QED) is 0.788. The highest BCUT2D eigenvalue weighted by Crippen LogP contribution is 2.25. The number of benzene rings is 2. The van der Waals surface area contributed by atoms with Gasteiger partial charge < -0.3 is 14.8 Å². The average Bonchev–Trinajstić information content (AvgIpc) is 2.59. The molecule has 0 bridgehead atoms. The summed E-state index contributed by atoms with van der Waals surface area (Å²) in [6.45, 7) is 2.29. The molecule has 2 rings (SSSR count). The molecule has 0 fully saturated rings. The highest BCUT2D eigenvalue weighted by atomic mass is 35.5. The van der Waals surface area contributed by atoms with Crippen LogP contribution in [-0.2, 0) is 11.2 Å². The van der Waals surface area contributed by atoms with E-state index >= 15 is 0 Å². The molecule has 0 aliphatic heterocycles. The van der Waals surface area contributed by atoms with E-state index in [4.69, 9.17) is 21.1 Å². The third-order valence-corrected chi connectivity index (χ3v) is 3.77. The number of hydrogen-bond donors (Lipinski definition) is 1. The summed E-state index contributed by atoms with van der Waals surface area (Å²) in [6.07, 6.45) is 1.11. The van der Waals surface area contributed by atoms with Gasteiger partial charge in [-0.05, 0) is 43.2 Å². The largest absolute Gasteiger partial charge is 0.493 e. The van der Waals surface area contributed by atoms with Gasteiger partial charge in [0.2, 0.25) is 5.91 Å². The Morgan fingerprint density at radius 3 is 2.46 bits per heavy atom. The summed E-state index contributed by atoms with van der Waals surface area (Å²) in [4.78, 5) is 12.0. The molecular formula is C19H22ClNO3. The number of aryl methyl sites for hydroxylation is 1. The minimum absolute atomic E-state index is 0.000997. The van der Waals surface area contributed by atoms with Crippen LogP contribution in [0.15, 0.2) is 48.5 Å². The van der Waals surface area contributed by atoms with Gasteiger partial charge in [-0.3, -0.25) is 4.79 Å². The molecule has 0 aromatic heterocycles. The van der Waals surface area contributed by atoms with Gasteiger partial charge in [0.25, 0.3) is 0 Å². The number of hydrogen-bond acceptors (Lipinski definition) is 3. The molecule has 0 saturated carbocycles. The molecule has 2 aromatic carbocycles. The number of ether oxygens (including phenoxy) is 2. The molecular weight excluding hydrogens is 326 g/mol. The summed E-state index contributed by atoms with van der Waals surface area (Å²) in [5.74, 6) is 1.35. The number of para-hydroxylation sites is 2. The van der Waals surface area contributed by atoms with Crippen LogP contribution in [0.5, 0.6) is 11.5 Å². The highest BCUT2D eigenvalue weighted by Gasteiger charge is 2.10. The van der Waals surface area contributed by atoms with Crippen molar-refractivity contribution >= 4 is 17.5 Å². The van der Waals surface area contributed by atoms with Crippen LogP contribution in [0.25, 0.3) is 0 Å². The fraction of sp³-hybridized carbons (Fsp3) is 0.316. The number of nitrogens with one attached hydrogen (secondary N) is 1. The van der Waals surface area contributed by atoms with Gasteiger partial charge in [-0.2, -0.15) is 0 Å². The number of methoxy groups -OCH3 is 1. The Balaban J connectivity index is 1.74. The van der Waals surface area contributed by atoms with E-state index in [2.05, 4.69) is 5.32 Å². The van der Waals surface area contributed by atoms with Crippen molar-refractivity contribution in [2.24, 2.45) is 0 Å². The van der Waals surface area contributed by atoms with Gasteiger partial charge in [0.05, 0.1) is 13.2 Å². The predicted molar refractivity (Wildman–Crippen MR) is 95.9 cm³/mol. The maximum atomic E-state index is 12.0. The zero-order valence-electron chi connectivity index (χ0n) is 13.9. The molecule has 1 unspecified atom stereocenters. The Hall–Kier alpha value is -2.20. The molecule has 24 heavy (non-hydrogen) atoms. The van der Waals surface area contributed by atoms with Crippen molar-refractivity contribution in [2.45, 2.75) is 25.8 Å². The van der Waals surface area contributed by atoms with E-state index in [1.165, 1.54) is 0 Å². The van der Waals surface area contributed by atoms with Crippen molar-refractivity contribution < 1.29 is 14.3 Å². The van der Waals surface area contributed by atoms with Crippen molar-refractivity contribution in [1.82, 2.24) is 5.32 Å². The van der Waals surface area contributed by atoms with E-state index in [0.717, 1.165) is 5.56 Å². The third kappa shape index (κ3) is 5.78. The SMILES string of the molecule is COc1ccccc1OCC(C)NC(=O)CCc1ccc(Cl)cc1. The lowest BCUT2D eigenvalue weighted by Gasteiger charge is -2.16. The first kappa shape index (κ1) is 18.1. The lowest BCUT2D eigenvalue weighted by Crippen LogP contribution is -2.36. The topological polar surface area (TPSA) is 47.6 Å². The molecule has 0 radical (unpaired) electrons. The minimum Gasteiger partial charge on any atom is -0.493 e. The summed E-state index contributed by atoms with van der Waals surface area (Å²) in [6, 6.07) is 14.9. The number of amides is 1. The van der Waals surface area contributed by atoms with Crippen LogP contribution >= 0.6 is 11.6 Å². The average molecular weight is 348 g/mol. The predicted octanol–water partition coefficient (Wildman–Crippen LogP) is 3.86. The summed E-state index contributed by atoms with van der Waals surface area (Å²) in [5.41, 5.74) is 1.09. The lowest BCUT2D eigenvalue weighted by atomic mass is 10.1. The lowest BCUT2D eigenvalue weighted by molar-refractivity contribution is -0.121. The van der Waals surface area contributed by atoms with Crippen LogP contribution in [-0.4, -0.2) is 25.7 Å². The van der Waals surface area contributed by atoms with E-state index in [1.807, 2.05) is 55.5 Å². The first-order chi connectivity index (χ1) is 11.6. The van der Waals surface area contributed by atoms with Crippen molar-refractivity contribution in [2.75, 3.05) is 13.7 Å². The summed E-state index contributed by atoms with van der Waals surface area (Å²) in [7, 11) is 1.60. The number of carbonyl (C=O) groups is 1. The minimum atomic E-state index is -0.0902. The van der Waals surface area contributed by atoms with Gasteiger partial charge in [0, 0.05) is 11.4 Å². The summed E-state index contributed by atoms with van der Waals surface area (Å²) >= 11 is 5.85. The Morgan fingerprint density at radius 2 is 1.79 bits per heavy atom. The number of halogens is 1. The zero-order valence-corrected chi connectivity index (χ0v) is 14.7. The van der Waals surface area contributed by atoms with E-state index in [0.29, 0.717) is 36.0 Å². The molecule has 128 valence electrons. The van der Waals surface area contributed by atoms with Crippen LogP contribution in [0.3, 0.4) is 0 Å². The molecule has 2 aromatic rings. The van der Waals surface area contributed by atoms with Gasteiger partial charge in [0.15, 0.2) is 11.5 Å². The van der Waals surface area contributed by atoms with Crippen molar-refractivity contribution in [1.29, 1.82) is 0 Å². The molecule has 0 saturated heterocycles. The van der Waals surface area contributed by atoms with E-state index in [1.54, 1.807) is 7.11 Å². The third-order valence-electron chi connectivity index (χ3n) is 3.52. The fourth-order valence-corrected chi connectivity index (χ4v) is 2.38. The number of rotatable bonds is 8.